The summed E-state index contributed by atoms with van der Waals surface area (Å²) in [6.45, 7) is 7.90. The van der Waals surface area contributed by atoms with Gasteiger partial charge in [0.05, 0.1) is 37.2 Å². The van der Waals surface area contributed by atoms with Gasteiger partial charge >= 0.3 is 0 Å². The van der Waals surface area contributed by atoms with Gasteiger partial charge in [0.1, 0.15) is 5.75 Å². The lowest BCUT2D eigenvalue weighted by atomic mass is 9.95. The quantitative estimate of drug-likeness (QED) is 0.259. The van der Waals surface area contributed by atoms with Crippen LogP contribution in [0.15, 0.2) is 71.6 Å². The van der Waals surface area contributed by atoms with Crippen LogP contribution < -0.4 is 15.4 Å². The van der Waals surface area contributed by atoms with Crippen molar-refractivity contribution < 1.29 is 27.6 Å². The van der Waals surface area contributed by atoms with Crippen molar-refractivity contribution >= 4 is 45.0 Å². The fourth-order valence-corrected chi connectivity index (χ4v) is 7.64. The number of likely N-dealkylation sites (N-methyl/N-ethyl adjacent to an activating group) is 1. The summed E-state index contributed by atoms with van der Waals surface area (Å²) in [6.07, 6.45) is 0. The van der Waals surface area contributed by atoms with E-state index in [4.69, 9.17) is 32.8 Å². The number of sulfonamides is 1. The van der Waals surface area contributed by atoms with Gasteiger partial charge in [-0.15, -0.1) is 0 Å². The number of amides is 2. The summed E-state index contributed by atoms with van der Waals surface area (Å²) in [5.74, 6) is 0.0219. The fraction of sp³-hybridized carbons (Fsp3) is 0.444. The monoisotopic (exact) mass is 760 g/mol. The number of benzene rings is 3. The Bertz CT molecular complexity index is 1750. The predicted molar refractivity (Wildman–Crippen MR) is 197 cm³/mol. The zero-order valence-electron chi connectivity index (χ0n) is 29.7. The number of ether oxygens (including phenoxy) is 1. The number of hydrogen-bond donors (Lipinski definition) is 2. The van der Waals surface area contributed by atoms with Crippen molar-refractivity contribution in [1.82, 2.24) is 29.8 Å². The summed E-state index contributed by atoms with van der Waals surface area (Å²) in [4.78, 5) is 38.6. The molecule has 1 unspecified atom stereocenters. The van der Waals surface area contributed by atoms with Gasteiger partial charge in [0.25, 0.3) is 15.9 Å². The summed E-state index contributed by atoms with van der Waals surface area (Å²) in [5.41, 5.74) is 0.318. The first-order chi connectivity index (χ1) is 24.2. The van der Waals surface area contributed by atoms with Crippen LogP contribution in [0.1, 0.15) is 49.5 Å². The second-order valence-corrected chi connectivity index (χ2v) is 15.8. The molecule has 12 nitrogen and oxygen atoms in total. The molecule has 2 aliphatic rings. The van der Waals surface area contributed by atoms with E-state index in [9.17, 15) is 13.2 Å². The topological polar surface area (TPSA) is 124 Å². The minimum Gasteiger partial charge on any atom is -0.493 e. The van der Waals surface area contributed by atoms with Crippen LogP contribution in [0, 0.1) is 0 Å². The Hall–Kier alpha value is -3.27. The molecule has 0 bridgehead atoms. The summed E-state index contributed by atoms with van der Waals surface area (Å²) >= 11 is 12.6. The number of hydroxylamine groups is 1. The number of carbonyl (C=O) groups is 2. The van der Waals surface area contributed by atoms with Crippen molar-refractivity contribution in [3.05, 3.63) is 93.5 Å². The second kappa shape index (κ2) is 16.2. The third kappa shape index (κ3) is 8.21. The molecule has 2 heterocycles. The van der Waals surface area contributed by atoms with Gasteiger partial charge in [0.15, 0.2) is 5.66 Å². The fourth-order valence-electron chi connectivity index (χ4n) is 6.39. The molecule has 0 radical (unpaired) electrons. The van der Waals surface area contributed by atoms with Crippen LogP contribution in [0.2, 0.25) is 10.0 Å². The number of nitrogens with zero attached hydrogens (tertiary/aromatic N) is 4. The molecule has 2 fully saturated rings. The number of nitrogens with one attached hydrogen (secondary N) is 2. The van der Waals surface area contributed by atoms with E-state index in [1.807, 2.05) is 49.9 Å². The van der Waals surface area contributed by atoms with Crippen LogP contribution in [-0.2, 0) is 30.1 Å². The molecule has 0 aromatic heterocycles. The second-order valence-electron chi connectivity index (χ2n) is 13.0. The lowest BCUT2D eigenvalue weighted by Crippen LogP contribution is -2.62. The molecule has 5 rings (SSSR count). The smallest absolute Gasteiger partial charge is 0.264 e. The van der Waals surface area contributed by atoms with Crippen molar-refractivity contribution in [3.63, 3.8) is 0 Å². The Morgan fingerprint density at radius 1 is 0.902 bits per heavy atom. The molecule has 2 aliphatic heterocycles. The van der Waals surface area contributed by atoms with Crippen LogP contribution in [0.3, 0.4) is 0 Å². The van der Waals surface area contributed by atoms with E-state index in [1.165, 1.54) is 26.3 Å². The number of hydrogen-bond acceptors (Lipinski definition) is 9. The molecular formula is C36H46Cl2N6O6S. The van der Waals surface area contributed by atoms with Gasteiger partial charge < -0.3 is 14.5 Å². The highest BCUT2D eigenvalue weighted by molar-refractivity contribution is 7.89. The molecule has 15 heteroatoms. The molecule has 3 aromatic rings. The average Bonchev–Trinajstić information content (AvgIpc) is 3.53. The van der Waals surface area contributed by atoms with Gasteiger partial charge in [0.2, 0.25) is 5.91 Å². The summed E-state index contributed by atoms with van der Waals surface area (Å²) in [6, 6.07) is 18.3. The van der Waals surface area contributed by atoms with E-state index in [2.05, 4.69) is 10.6 Å². The van der Waals surface area contributed by atoms with E-state index >= 15 is 4.79 Å². The standard InChI is InChI=1S/C36H46Cl2N6O6S/c1-7-50-31-17-16-29(51(47,48)42(5)49-6)22-30(31)36(35(46)44-20-18-43(19-21-44)23-32(45)41(4)24(2)3)39-33(25-8-12-27(37)13-9-25)34(40-36)26-10-14-28(38)15-11-26/h8-17,22,24,33-34,39-40H,7,18-21,23H2,1-6H3/t33-,34+,36?. The van der Waals surface area contributed by atoms with Gasteiger partial charge in [-0.3, -0.25) is 30.0 Å². The maximum atomic E-state index is 15.2. The number of rotatable bonds is 12. The lowest BCUT2D eigenvalue weighted by molar-refractivity contribution is -0.142. The van der Waals surface area contributed by atoms with Crippen LogP contribution in [-0.4, -0.2) is 106 Å². The number of carbonyl (C=O) groups excluding carboxylic acids is 2. The summed E-state index contributed by atoms with van der Waals surface area (Å²) in [7, 11) is 0.232. The molecule has 0 saturated carbocycles. The molecule has 0 aliphatic carbocycles. The SMILES string of the molecule is CCOc1ccc(S(=O)(=O)N(C)OC)cc1C1(C(=O)N2CCN(CC(=O)N(C)C(C)C)CC2)N[C@H](c2ccc(Cl)cc2)[C@H](c2ccc(Cl)cc2)N1. The minimum atomic E-state index is -4.12. The van der Waals surface area contributed by atoms with Crippen molar-refractivity contribution in [2.45, 2.75) is 49.5 Å². The average molecular weight is 762 g/mol. The molecule has 51 heavy (non-hydrogen) atoms. The third-order valence-corrected chi connectivity index (χ3v) is 11.8. The van der Waals surface area contributed by atoms with Crippen LogP contribution in [0.4, 0.5) is 0 Å². The zero-order chi connectivity index (χ0) is 37.1. The zero-order valence-corrected chi connectivity index (χ0v) is 32.1. The van der Waals surface area contributed by atoms with Crippen molar-refractivity contribution in [2.75, 3.05) is 60.5 Å². The normalized spacial score (nSPS) is 21.3. The third-order valence-electron chi connectivity index (χ3n) is 9.59. The first kappa shape index (κ1) is 38.9. The van der Waals surface area contributed by atoms with Gasteiger partial charge in [-0.1, -0.05) is 51.9 Å². The largest absolute Gasteiger partial charge is 0.493 e. The molecule has 3 atom stereocenters. The Labute approximate surface area is 310 Å². The predicted octanol–water partition coefficient (Wildman–Crippen LogP) is 4.41. The Morgan fingerprint density at radius 2 is 1.43 bits per heavy atom. The molecule has 276 valence electrons. The maximum Gasteiger partial charge on any atom is 0.264 e. The van der Waals surface area contributed by atoms with E-state index in [-0.39, 0.29) is 35.9 Å². The van der Waals surface area contributed by atoms with E-state index in [0.717, 1.165) is 15.6 Å². The number of halogens is 2. The summed E-state index contributed by atoms with van der Waals surface area (Å²) < 4.78 is 34.0. The molecule has 2 N–H and O–H groups in total. The lowest BCUT2D eigenvalue weighted by Gasteiger charge is -2.41. The van der Waals surface area contributed by atoms with Crippen LogP contribution in [0.25, 0.3) is 0 Å². The molecule has 2 amide bonds. The van der Waals surface area contributed by atoms with Crippen LogP contribution in [0.5, 0.6) is 5.75 Å². The Balaban J connectivity index is 1.63. The summed E-state index contributed by atoms with van der Waals surface area (Å²) in [5, 5.41) is 8.39. The van der Waals surface area contributed by atoms with Crippen molar-refractivity contribution in [3.8, 4) is 5.75 Å². The highest BCUT2D eigenvalue weighted by Crippen LogP contribution is 2.45. The minimum absolute atomic E-state index is 0.0115. The highest BCUT2D eigenvalue weighted by Gasteiger charge is 2.55. The van der Waals surface area contributed by atoms with Gasteiger partial charge in [-0.25, -0.2) is 8.42 Å². The van der Waals surface area contributed by atoms with E-state index in [1.54, 1.807) is 47.2 Å². The first-order valence-electron chi connectivity index (χ1n) is 16.9. The highest BCUT2D eigenvalue weighted by atomic mass is 35.5. The maximum absolute atomic E-state index is 15.2. The van der Waals surface area contributed by atoms with Crippen molar-refractivity contribution in [2.24, 2.45) is 0 Å². The van der Waals surface area contributed by atoms with E-state index in [0.29, 0.717) is 47.5 Å². The molecule has 3 aromatic carbocycles. The van der Waals surface area contributed by atoms with Gasteiger partial charge in [-0.2, -0.15) is 0 Å². The van der Waals surface area contributed by atoms with Gasteiger partial charge in [-0.05, 0) is 74.4 Å². The van der Waals surface area contributed by atoms with Crippen LogP contribution >= 0.6 is 23.2 Å². The Kier molecular flexibility index (Phi) is 12.4. The molecule has 0 spiro atoms. The van der Waals surface area contributed by atoms with Gasteiger partial charge in [0, 0.05) is 61.9 Å². The van der Waals surface area contributed by atoms with E-state index < -0.39 is 27.8 Å². The Morgan fingerprint density at radius 3 is 1.90 bits per heavy atom. The number of piperazine rings is 1. The first-order valence-corrected chi connectivity index (χ1v) is 19.1. The molecule has 2 saturated heterocycles. The molecular weight excluding hydrogens is 715 g/mol. The van der Waals surface area contributed by atoms with Crippen molar-refractivity contribution in [1.29, 1.82) is 0 Å².